The van der Waals surface area contributed by atoms with Crippen molar-refractivity contribution >= 4 is 15.9 Å². The molecule has 9 heteroatoms. The molecule has 0 atom stereocenters. The van der Waals surface area contributed by atoms with E-state index in [1.807, 2.05) is 0 Å². The molecule has 29 heavy (non-hydrogen) atoms. The molecule has 2 aromatic rings. The number of carbonyl (C=O) groups is 1. The Hall–Kier alpha value is -2.52. The van der Waals surface area contributed by atoms with Crippen molar-refractivity contribution in [1.29, 1.82) is 0 Å². The minimum absolute atomic E-state index is 0.0773. The molecule has 0 saturated carbocycles. The summed E-state index contributed by atoms with van der Waals surface area (Å²) in [5, 5.41) is 0. The number of benzene rings is 2. The molecule has 0 aliphatic carbocycles. The van der Waals surface area contributed by atoms with E-state index < -0.39 is 26.6 Å². The average molecular weight is 424 g/mol. The smallest absolute Gasteiger partial charge is 0.253 e. The summed E-state index contributed by atoms with van der Waals surface area (Å²) in [6.45, 7) is 1.07. The highest BCUT2D eigenvalue weighted by Gasteiger charge is 2.30. The van der Waals surface area contributed by atoms with Gasteiger partial charge in [0.25, 0.3) is 5.91 Å². The first kappa shape index (κ1) is 21.2. The molecule has 1 fully saturated rings. The first-order valence-corrected chi connectivity index (χ1v) is 10.7. The Morgan fingerprint density at radius 1 is 1.10 bits per heavy atom. The van der Waals surface area contributed by atoms with Crippen LogP contribution in [-0.4, -0.2) is 56.8 Å². The molecule has 0 aromatic heterocycles. The molecule has 0 unspecified atom stereocenters. The summed E-state index contributed by atoms with van der Waals surface area (Å²) in [5.74, 6) is -1.24. The monoisotopic (exact) mass is 424 g/mol. The maximum absolute atomic E-state index is 14.2. The summed E-state index contributed by atoms with van der Waals surface area (Å²) in [4.78, 5) is 13.5. The molecule has 1 heterocycles. The van der Waals surface area contributed by atoms with Crippen molar-refractivity contribution in [3.63, 3.8) is 0 Å². The second-order valence-corrected chi connectivity index (χ2v) is 8.69. The van der Waals surface area contributed by atoms with Crippen molar-refractivity contribution in [2.45, 2.75) is 17.7 Å². The van der Waals surface area contributed by atoms with E-state index >= 15 is 0 Å². The van der Waals surface area contributed by atoms with Gasteiger partial charge in [-0.05, 0) is 55.3 Å². The van der Waals surface area contributed by atoms with Gasteiger partial charge in [0.05, 0.1) is 6.54 Å². The number of carbonyl (C=O) groups excluding carboxylic acids is 1. The fraction of sp³-hybridized carbons (Fsp3) is 0.350. The molecular weight excluding hydrogens is 402 g/mol. The highest BCUT2D eigenvalue weighted by atomic mass is 32.2. The van der Waals surface area contributed by atoms with Crippen molar-refractivity contribution in [3.05, 3.63) is 59.7 Å². The van der Waals surface area contributed by atoms with Crippen LogP contribution in [0.4, 0.5) is 8.78 Å². The predicted molar refractivity (Wildman–Crippen MR) is 103 cm³/mol. The first-order chi connectivity index (χ1) is 13.8. The highest BCUT2D eigenvalue weighted by Crippen LogP contribution is 2.24. The van der Waals surface area contributed by atoms with Crippen molar-refractivity contribution in [3.8, 4) is 5.75 Å². The van der Waals surface area contributed by atoms with Crippen molar-refractivity contribution < 1.29 is 26.7 Å². The lowest BCUT2D eigenvalue weighted by molar-refractivity contribution is 0.0773. The lowest BCUT2D eigenvalue weighted by Gasteiger charge is -2.19. The Balaban J connectivity index is 1.67. The Morgan fingerprint density at radius 3 is 2.41 bits per heavy atom. The van der Waals surface area contributed by atoms with Crippen LogP contribution in [0.2, 0.25) is 0 Å². The van der Waals surface area contributed by atoms with E-state index in [-0.39, 0.29) is 24.5 Å². The highest BCUT2D eigenvalue weighted by molar-refractivity contribution is 7.89. The summed E-state index contributed by atoms with van der Waals surface area (Å²) < 4.78 is 59.1. The van der Waals surface area contributed by atoms with Crippen LogP contribution in [0.1, 0.15) is 23.2 Å². The number of sulfonamides is 1. The van der Waals surface area contributed by atoms with Gasteiger partial charge in [0, 0.05) is 25.7 Å². The minimum atomic E-state index is -3.98. The van der Waals surface area contributed by atoms with Crippen molar-refractivity contribution in [2.24, 2.45) is 0 Å². The molecular formula is C20H22F2N2O4S. The first-order valence-electron chi connectivity index (χ1n) is 9.22. The van der Waals surface area contributed by atoms with Crippen molar-refractivity contribution in [2.75, 3.05) is 33.3 Å². The van der Waals surface area contributed by atoms with Gasteiger partial charge in [0.15, 0.2) is 0 Å². The van der Waals surface area contributed by atoms with Crippen molar-refractivity contribution in [1.82, 2.24) is 9.21 Å². The van der Waals surface area contributed by atoms with E-state index in [2.05, 4.69) is 0 Å². The number of likely N-dealkylation sites (N-methyl/N-ethyl adjacent to an activating group) is 1. The third-order valence-electron chi connectivity index (χ3n) is 4.72. The third-order valence-corrected chi connectivity index (χ3v) is 6.63. The van der Waals surface area contributed by atoms with Gasteiger partial charge < -0.3 is 9.64 Å². The van der Waals surface area contributed by atoms with Crippen LogP contribution >= 0.6 is 0 Å². The second kappa shape index (κ2) is 8.87. The average Bonchev–Trinajstić information content (AvgIpc) is 3.25. The molecule has 3 rings (SSSR count). The standard InChI is InChI=1S/C20H22F2N2O4S/c1-23(12-13-28-17-7-5-16(21)6-8-17)20(25)15-4-9-18(22)19(14-15)29(26,27)24-10-2-3-11-24/h4-9,14H,2-3,10-13H2,1H3. The van der Waals surface area contributed by atoms with E-state index in [1.54, 1.807) is 0 Å². The van der Waals surface area contributed by atoms with E-state index in [0.29, 0.717) is 18.8 Å². The zero-order chi connectivity index (χ0) is 21.0. The molecule has 1 aliphatic heterocycles. The fourth-order valence-electron chi connectivity index (χ4n) is 3.05. The number of amides is 1. The zero-order valence-electron chi connectivity index (χ0n) is 16.0. The third kappa shape index (κ3) is 4.91. The summed E-state index contributed by atoms with van der Waals surface area (Å²) in [7, 11) is -2.44. The maximum atomic E-state index is 14.2. The van der Waals surface area contributed by atoms with Crippen LogP contribution in [0, 0.1) is 11.6 Å². The normalized spacial score (nSPS) is 14.7. The van der Waals surface area contributed by atoms with Crippen LogP contribution in [0.3, 0.4) is 0 Å². The number of rotatable bonds is 7. The largest absolute Gasteiger partial charge is 0.492 e. The topological polar surface area (TPSA) is 66.9 Å². The number of hydrogen-bond acceptors (Lipinski definition) is 4. The molecule has 6 nitrogen and oxygen atoms in total. The van der Waals surface area contributed by atoms with Crippen LogP contribution in [0.15, 0.2) is 47.4 Å². The molecule has 1 saturated heterocycles. The Morgan fingerprint density at radius 2 is 1.76 bits per heavy atom. The van der Waals surface area contributed by atoms with Gasteiger partial charge in [-0.2, -0.15) is 4.31 Å². The Labute approximate surface area is 168 Å². The molecule has 156 valence electrons. The SMILES string of the molecule is CN(CCOc1ccc(F)cc1)C(=O)c1ccc(F)c(S(=O)(=O)N2CCCC2)c1. The molecule has 1 amide bonds. The zero-order valence-corrected chi connectivity index (χ0v) is 16.8. The van der Waals surface area contributed by atoms with Gasteiger partial charge in [-0.25, -0.2) is 17.2 Å². The van der Waals surface area contributed by atoms with Gasteiger partial charge in [-0.15, -0.1) is 0 Å². The van der Waals surface area contributed by atoms with Crippen LogP contribution in [0.5, 0.6) is 5.75 Å². The van der Waals surface area contributed by atoms with Gasteiger partial charge in [-0.1, -0.05) is 0 Å². The van der Waals surface area contributed by atoms with Crippen LogP contribution < -0.4 is 4.74 Å². The Bertz CT molecular complexity index is 974. The van der Waals surface area contributed by atoms with Gasteiger partial charge in [0.2, 0.25) is 10.0 Å². The van der Waals surface area contributed by atoms with E-state index in [9.17, 15) is 22.0 Å². The quantitative estimate of drug-likeness (QED) is 0.686. The van der Waals surface area contributed by atoms with Gasteiger partial charge >= 0.3 is 0 Å². The molecule has 2 aromatic carbocycles. The molecule has 0 N–H and O–H groups in total. The number of hydrogen-bond donors (Lipinski definition) is 0. The molecule has 1 aliphatic rings. The van der Waals surface area contributed by atoms with Crippen LogP contribution in [-0.2, 0) is 10.0 Å². The fourth-order valence-corrected chi connectivity index (χ4v) is 4.66. The lowest BCUT2D eigenvalue weighted by atomic mass is 10.2. The summed E-state index contributed by atoms with van der Waals surface area (Å²) in [6, 6.07) is 8.84. The van der Waals surface area contributed by atoms with Crippen LogP contribution in [0.25, 0.3) is 0 Å². The minimum Gasteiger partial charge on any atom is -0.492 e. The van der Waals surface area contributed by atoms with E-state index in [1.165, 1.54) is 46.6 Å². The lowest BCUT2D eigenvalue weighted by Crippen LogP contribution is -2.32. The molecule has 0 radical (unpaired) electrons. The van der Waals surface area contributed by atoms with Gasteiger partial charge in [-0.3, -0.25) is 4.79 Å². The van der Waals surface area contributed by atoms with E-state index in [4.69, 9.17) is 4.74 Å². The number of nitrogens with zero attached hydrogens (tertiary/aromatic N) is 2. The van der Waals surface area contributed by atoms with E-state index in [0.717, 1.165) is 25.0 Å². The maximum Gasteiger partial charge on any atom is 0.253 e. The predicted octanol–water partition coefficient (Wildman–Crippen LogP) is 2.90. The number of halogens is 2. The summed E-state index contributed by atoms with van der Waals surface area (Å²) in [5.41, 5.74) is 0.0773. The number of ether oxygens (including phenoxy) is 1. The molecule has 0 bridgehead atoms. The summed E-state index contributed by atoms with van der Waals surface area (Å²) in [6.07, 6.45) is 1.46. The van der Waals surface area contributed by atoms with Gasteiger partial charge in [0.1, 0.15) is 28.9 Å². The Kier molecular flexibility index (Phi) is 6.49. The summed E-state index contributed by atoms with van der Waals surface area (Å²) >= 11 is 0. The second-order valence-electron chi connectivity index (χ2n) is 6.79. The molecule has 0 spiro atoms.